The van der Waals surface area contributed by atoms with Crippen molar-refractivity contribution in [3.8, 4) is 0 Å². The number of nitrogens with zero attached hydrogens (tertiary/aromatic N) is 1. The third-order valence-corrected chi connectivity index (χ3v) is 4.98. The summed E-state index contributed by atoms with van der Waals surface area (Å²) in [5.41, 5.74) is 0.989. The Morgan fingerprint density at radius 2 is 1.75 bits per heavy atom. The van der Waals surface area contributed by atoms with E-state index in [1.54, 1.807) is 17.0 Å². The zero-order chi connectivity index (χ0) is 15.2. The van der Waals surface area contributed by atoms with Gasteiger partial charge in [0, 0.05) is 18.4 Å². The Kier molecular flexibility index (Phi) is 6.64. The van der Waals surface area contributed by atoms with Crippen molar-refractivity contribution in [2.45, 2.75) is 24.1 Å². The van der Waals surface area contributed by atoms with E-state index in [4.69, 9.17) is 0 Å². The fourth-order valence-electron chi connectivity index (χ4n) is 1.69. The molecule has 1 amide bonds. The second-order valence-electron chi connectivity index (χ2n) is 4.17. The minimum atomic E-state index is -3.64. The molecule has 7 heteroatoms. The van der Waals surface area contributed by atoms with Crippen LogP contribution in [-0.4, -0.2) is 38.9 Å². The van der Waals surface area contributed by atoms with E-state index in [1.165, 1.54) is 12.1 Å². The molecule has 0 unspecified atom stereocenters. The first-order chi connectivity index (χ1) is 9.44. The summed E-state index contributed by atoms with van der Waals surface area (Å²) < 4.78 is 26.4. The molecule has 1 aromatic rings. The molecule has 0 saturated carbocycles. The first-order valence-corrected chi connectivity index (χ1v) is 8.97. The van der Waals surface area contributed by atoms with Gasteiger partial charge in [-0.15, -0.1) is 0 Å². The first kappa shape index (κ1) is 17.1. The smallest absolute Gasteiger partial charge is 0.241 e. The van der Waals surface area contributed by atoms with Crippen LogP contribution >= 0.6 is 15.9 Å². The molecule has 0 atom stereocenters. The Labute approximate surface area is 128 Å². The molecule has 0 spiro atoms. The average Bonchev–Trinajstić information content (AvgIpc) is 2.46. The number of halogens is 1. The number of likely N-dealkylation sites (N-methyl/N-ethyl adjacent to an activating group) is 1. The molecule has 20 heavy (non-hydrogen) atoms. The van der Waals surface area contributed by atoms with Crippen LogP contribution in [0, 0.1) is 0 Å². The van der Waals surface area contributed by atoms with Gasteiger partial charge in [-0.05, 0) is 31.5 Å². The molecular weight excluding hydrogens is 344 g/mol. The van der Waals surface area contributed by atoms with Gasteiger partial charge in [0.15, 0.2) is 0 Å². The van der Waals surface area contributed by atoms with Crippen LogP contribution in [0.5, 0.6) is 0 Å². The molecule has 0 saturated heterocycles. The number of carbonyl (C=O) groups is 1. The van der Waals surface area contributed by atoms with Gasteiger partial charge >= 0.3 is 0 Å². The Morgan fingerprint density at radius 3 is 2.20 bits per heavy atom. The fourth-order valence-corrected chi connectivity index (χ4v) is 3.03. The lowest BCUT2D eigenvalue weighted by atomic mass is 10.2. The van der Waals surface area contributed by atoms with Crippen molar-refractivity contribution in [3.05, 3.63) is 29.8 Å². The molecule has 1 N–H and O–H groups in total. The van der Waals surface area contributed by atoms with Crippen molar-refractivity contribution in [3.63, 3.8) is 0 Å². The molecule has 112 valence electrons. The van der Waals surface area contributed by atoms with Crippen LogP contribution in [0.1, 0.15) is 19.4 Å². The minimum absolute atomic E-state index is 0.162. The lowest BCUT2D eigenvalue weighted by Crippen LogP contribution is -2.39. The van der Waals surface area contributed by atoms with Crippen LogP contribution < -0.4 is 4.72 Å². The second kappa shape index (κ2) is 7.75. The van der Waals surface area contributed by atoms with Crippen molar-refractivity contribution in [1.82, 2.24) is 9.62 Å². The molecule has 0 fully saturated rings. The van der Waals surface area contributed by atoms with Crippen LogP contribution in [0.3, 0.4) is 0 Å². The quantitative estimate of drug-likeness (QED) is 0.751. The van der Waals surface area contributed by atoms with E-state index in [9.17, 15) is 13.2 Å². The molecule has 0 heterocycles. The maximum absolute atomic E-state index is 12.0. The Balaban J connectivity index is 2.72. The molecule has 0 aromatic heterocycles. The van der Waals surface area contributed by atoms with Gasteiger partial charge in [0.25, 0.3) is 0 Å². The Hall–Kier alpha value is -0.920. The van der Waals surface area contributed by atoms with Crippen molar-refractivity contribution in [1.29, 1.82) is 0 Å². The highest BCUT2D eigenvalue weighted by molar-refractivity contribution is 9.08. The number of benzene rings is 1. The Bertz CT molecular complexity index is 539. The predicted octanol–water partition coefficient (Wildman–Crippen LogP) is 1.73. The highest BCUT2D eigenvalue weighted by atomic mass is 79.9. The summed E-state index contributed by atoms with van der Waals surface area (Å²) in [4.78, 5) is 13.5. The molecule has 1 aromatic carbocycles. The van der Waals surface area contributed by atoms with Crippen molar-refractivity contribution >= 4 is 31.9 Å². The monoisotopic (exact) mass is 362 g/mol. The van der Waals surface area contributed by atoms with E-state index in [2.05, 4.69) is 20.7 Å². The van der Waals surface area contributed by atoms with Gasteiger partial charge in [-0.3, -0.25) is 4.79 Å². The molecule has 0 radical (unpaired) electrons. The summed E-state index contributed by atoms with van der Waals surface area (Å²) in [6, 6.07) is 6.52. The molecule has 5 nitrogen and oxygen atoms in total. The topological polar surface area (TPSA) is 66.5 Å². The summed E-state index contributed by atoms with van der Waals surface area (Å²) in [6.07, 6.45) is 0. The number of hydrogen-bond donors (Lipinski definition) is 1. The Morgan fingerprint density at radius 1 is 1.20 bits per heavy atom. The molecule has 0 aliphatic rings. The van der Waals surface area contributed by atoms with E-state index in [0.29, 0.717) is 18.4 Å². The summed E-state index contributed by atoms with van der Waals surface area (Å²) in [5, 5.41) is 0.668. The van der Waals surface area contributed by atoms with Gasteiger partial charge in [0.1, 0.15) is 0 Å². The third-order valence-electron chi connectivity index (χ3n) is 2.92. The molecule has 0 bridgehead atoms. The normalized spacial score (nSPS) is 11.3. The minimum Gasteiger partial charge on any atom is -0.342 e. The molecule has 0 aliphatic carbocycles. The van der Waals surface area contributed by atoms with Crippen LogP contribution in [0.2, 0.25) is 0 Å². The number of alkyl halides is 1. The zero-order valence-corrected chi connectivity index (χ0v) is 14.0. The highest BCUT2D eigenvalue weighted by Crippen LogP contribution is 2.12. The first-order valence-electron chi connectivity index (χ1n) is 6.37. The van der Waals surface area contributed by atoms with Crippen molar-refractivity contribution in [2.24, 2.45) is 0 Å². The number of nitrogens with one attached hydrogen (secondary N) is 1. The largest absolute Gasteiger partial charge is 0.342 e. The van der Waals surface area contributed by atoms with Gasteiger partial charge in [-0.2, -0.15) is 0 Å². The van der Waals surface area contributed by atoms with E-state index in [0.717, 1.165) is 5.56 Å². The number of rotatable bonds is 7. The number of sulfonamides is 1. The van der Waals surface area contributed by atoms with Crippen LogP contribution in [0.4, 0.5) is 0 Å². The predicted molar refractivity (Wildman–Crippen MR) is 82.2 cm³/mol. The maximum Gasteiger partial charge on any atom is 0.241 e. The van der Waals surface area contributed by atoms with Gasteiger partial charge in [0.05, 0.1) is 11.4 Å². The van der Waals surface area contributed by atoms with Gasteiger partial charge in [-0.1, -0.05) is 28.1 Å². The summed E-state index contributed by atoms with van der Waals surface area (Å²) in [7, 11) is -3.64. The maximum atomic E-state index is 12.0. The van der Waals surface area contributed by atoms with Crippen molar-refractivity contribution in [2.75, 3.05) is 19.6 Å². The van der Waals surface area contributed by atoms with Crippen LogP contribution in [-0.2, 0) is 20.1 Å². The third kappa shape index (κ3) is 4.57. The van der Waals surface area contributed by atoms with E-state index < -0.39 is 10.0 Å². The standard InChI is InChI=1S/C13H19BrN2O3S/c1-3-16(4-2)13(17)10-15-20(18,19)12-7-5-11(9-14)6-8-12/h5-8,15H,3-4,9-10H2,1-2H3. The SMILES string of the molecule is CCN(CC)C(=O)CNS(=O)(=O)c1ccc(CBr)cc1. The fraction of sp³-hybridized carbons (Fsp3) is 0.462. The number of carbonyl (C=O) groups excluding carboxylic acids is 1. The lowest BCUT2D eigenvalue weighted by molar-refractivity contribution is -0.129. The van der Waals surface area contributed by atoms with Crippen LogP contribution in [0.15, 0.2) is 29.2 Å². The van der Waals surface area contributed by atoms with Gasteiger partial charge < -0.3 is 4.90 Å². The summed E-state index contributed by atoms with van der Waals surface area (Å²) in [5.74, 6) is -0.226. The second-order valence-corrected chi connectivity index (χ2v) is 6.50. The van der Waals surface area contributed by atoms with Crippen molar-refractivity contribution < 1.29 is 13.2 Å². The number of amides is 1. The van der Waals surface area contributed by atoms with Gasteiger partial charge in [-0.25, -0.2) is 13.1 Å². The van der Waals surface area contributed by atoms with Crippen LogP contribution in [0.25, 0.3) is 0 Å². The van der Waals surface area contributed by atoms with E-state index >= 15 is 0 Å². The average molecular weight is 363 g/mol. The molecule has 1 rings (SSSR count). The summed E-state index contributed by atoms with van der Waals surface area (Å²) in [6.45, 7) is 4.63. The number of hydrogen-bond acceptors (Lipinski definition) is 3. The highest BCUT2D eigenvalue weighted by Gasteiger charge is 2.17. The molecule has 0 aliphatic heterocycles. The van der Waals surface area contributed by atoms with Gasteiger partial charge in [0.2, 0.25) is 15.9 Å². The molecular formula is C13H19BrN2O3S. The zero-order valence-electron chi connectivity index (χ0n) is 11.6. The lowest BCUT2D eigenvalue weighted by Gasteiger charge is -2.18. The summed E-state index contributed by atoms with van der Waals surface area (Å²) >= 11 is 3.30. The van der Waals surface area contributed by atoms with E-state index in [-0.39, 0.29) is 17.3 Å². The van der Waals surface area contributed by atoms with E-state index in [1.807, 2.05) is 13.8 Å².